The van der Waals surface area contributed by atoms with Crippen LogP contribution in [0.5, 0.6) is 0 Å². The third-order valence-electron chi connectivity index (χ3n) is 3.52. The van der Waals surface area contributed by atoms with E-state index in [9.17, 15) is 4.79 Å². The number of anilines is 1. The Hall–Kier alpha value is -1.36. The van der Waals surface area contributed by atoms with E-state index in [2.05, 4.69) is 22.7 Å². The third-order valence-corrected chi connectivity index (χ3v) is 3.52. The maximum atomic E-state index is 12.1. The molecule has 1 aliphatic rings. The first-order chi connectivity index (χ1) is 8.09. The minimum Gasteiger partial charge on any atom is -0.338 e. The molecule has 2 heterocycles. The molecule has 1 amide bonds. The van der Waals surface area contributed by atoms with Crippen LogP contribution in [0.2, 0.25) is 0 Å². The molecule has 2 rings (SSSR count). The molecule has 2 atom stereocenters. The van der Waals surface area contributed by atoms with E-state index in [-0.39, 0.29) is 11.8 Å². The number of amides is 1. The number of carbonyl (C=O) groups excluding carboxylic acids is 1. The van der Waals surface area contributed by atoms with Crippen molar-refractivity contribution < 1.29 is 9.32 Å². The number of aromatic nitrogens is 1. The fraction of sp³-hybridized carbons (Fsp3) is 0.667. The Balaban J connectivity index is 2.03. The van der Waals surface area contributed by atoms with Gasteiger partial charge in [-0.2, -0.15) is 0 Å². The van der Waals surface area contributed by atoms with Gasteiger partial charge in [0, 0.05) is 11.5 Å². The lowest BCUT2D eigenvalue weighted by atomic mass is 9.87. The number of nitrogens with one attached hydrogen (secondary N) is 2. The standard InChI is InChI=1S/C12H19N3O2/c1-7-6-13-5-4-10(7)11(16)14-12-8(2)9(3)15-17-12/h7,10,13H,4-6H2,1-3H3,(H,14,16). The van der Waals surface area contributed by atoms with Crippen LogP contribution in [0.15, 0.2) is 4.52 Å². The van der Waals surface area contributed by atoms with Gasteiger partial charge in [0.15, 0.2) is 0 Å². The summed E-state index contributed by atoms with van der Waals surface area (Å²) in [6.45, 7) is 7.65. The molecule has 0 saturated carbocycles. The zero-order valence-electron chi connectivity index (χ0n) is 10.5. The lowest BCUT2D eigenvalue weighted by Gasteiger charge is -2.27. The second-order valence-corrected chi connectivity index (χ2v) is 4.79. The number of aryl methyl sites for hydroxylation is 1. The summed E-state index contributed by atoms with van der Waals surface area (Å²) >= 11 is 0. The lowest BCUT2D eigenvalue weighted by Crippen LogP contribution is -2.40. The van der Waals surface area contributed by atoms with Crippen molar-refractivity contribution >= 4 is 11.8 Å². The Morgan fingerprint density at radius 2 is 2.29 bits per heavy atom. The van der Waals surface area contributed by atoms with E-state index < -0.39 is 0 Å². The minimum absolute atomic E-state index is 0.0400. The highest BCUT2D eigenvalue weighted by Gasteiger charge is 2.28. The maximum absolute atomic E-state index is 12.1. The van der Waals surface area contributed by atoms with Crippen molar-refractivity contribution in [1.29, 1.82) is 0 Å². The summed E-state index contributed by atoms with van der Waals surface area (Å²) in [4.78, 5) is 12.1. The quantitative estimate of drug-likeness (QED) is 0.817. The molecule has 1 aliphatic heterocycles. The van der Waals surface area contributed by atoms with Gasteiger partial charge in [-0.3, -0.25) is 10.1 Å². The summed E-state index contributed by atoms with van der Waals surface area (Å²) in [5.74, 6) is 0.936. The van der Waals surface area contributed by atoms with Crippen LogP contribution >= 0.6 is 0 Å². The van der Waals surface area contributed by atoms with Crippen LogP contribution in [-0.2, 0) is 4.79 Å². The van der Waals surface area contributed by atoms with Gasteiger partial charge < -0.3 is 9.84 Å². The molecule has 0 radical (unpaired) electrons. The molecule has 1 saturated heterocycles. The summed E-state index contributed by atoms with van der Waals surface area (Å²) < 4.78 is 5.09. The van der Waals surface area contributed by atoms with Crippen LogP contribution in [0, 0.1) is 25.7 Å². The Bertz CT molecular complexity index is 414. The maximum Gasteiger partial charge on any atom is 0.234 e. The number of hydrogen-bond donors (Lipinski definition) is 2. The largest absolute Gasteiger partial charge is 0.338 e. The molecule has 1 aromatic rings. The van der Waals surface area contributed by atoms with Gasteiger partial charge in [-0.15, -0.1) is 0 Å². The van der Waals surface area contributed by atoms with Crippen molar-refractivity contribution in [3.8, 4) is 0 Å². The monoisotopic (exact) mass is 237 g/mol. The number of carbonyl (C=O) groups is 1. The molecule has 0 aliphatic carbocycles. The summed E-state index contributed by atoms with van der Waals surface area (Å²) in [7, 11) is 0. The van der Waals surface area contributed by atoms with Gasteiger partial charge in [-0.05, 0) is 39.3 Å². The zero-order chi connectivity index (χ0) is 12.4. The van der Waals surface area contributed by atoms with Crippen molar-refractivity contribution in [3.05, 3.63) is 11.3 Å². The molecule has 0 spiro atoms. The van der Waals surface area contributed by atoms with Crippen molar-refractivity contribution in [2.45, 2.75) is 27.2 Å². The van der Waals surface area contributed by atoms with Crippen LogP contribution in [0.4, 0.5) is 5.88 Å². The molecule has 94 valence electrons. The van der Waals surface area contributed by atoms with Gasteiger partial charge in [0.1, 0.15) is 0 Å². The summed E-state index contributed by atoms with van der Waals surface area (Å²) in [5.41, 5.74) is 1.72. The van der Waals surface area contributed by atoms with Gasteiger partial charge in [-0.1, -0.05) is 12.1 Å². The lowest BCUT2D eigenvalue weighted by molar-refractivity contribution is -0.122. The van der Waals surface area contributed by atoms with Crippen LogP contribution in [0.3, 0.4) is 0 Å². The van der Waals surface area contributed by atoms with E-state index in [1.54, 1.807) is 0 Å². The molecule has 0 aromatic carbocycles. The predicted octanol–water partition coefficient (Wildman–Crippen LogP) is 1.48. The summed E-state index contributed by atoms with van der Waals surface area (Å²) in [6.07, 6.45) is 0.874. The SMILES string of the molecule is Cc1noc(NC(=O)C2CCNCC2C)c1C. The average Bonchev–Trinajstić information content (AvgIpc) is 2.61. The Kier molecular flexibility index (Phi) is 3.47. The van der Waals surface area contributed by atoms with Gasteiger partial charge in [0.25, 0.3) is 0 Å². The zero-order valence-corrected chi connectivity index (χ0v) is 10.5. The van der Waals surface area contributed by atoms with E-state index >= 15 is 0 Å². The topological polar surface area (TPSA) is 67.2 Å². The minimum atomic E-state index is 0.0400. The van der Waals surface area contributed by atoms with Gasteiger partial charge in [-0.25, -0.2) is 0 Å². The van der Waals surface area contributed by atoms with Gasteiger partial charge in [0.2, 0.25) is 11.8 Å². The van der Waals surface area contributed by atoms with Crippen molar-refractivity contribution in [1.82, 2.24) is 10.5 Å². The molecular weight excluding hydrogens is 218 g/mol. The highest BCUT2D eigenvalue weighted by Crippen LogP contribution is 2.23. The smallest absolute Gasteiger partial charge is 0.234 e. The second kappa shape index (κ2) is 4.87. The Morgan fingerprint density at radius 1 is 1.53 bits per heavy atom. The summed E-state index contributed by atoms with van der Waals surface area (Å²) in [5, 5.41) is 9.95. The van der Waals surface area contributed by atoms with Crippen LogP contribution in [0.25, 0.3) is 0 Å². The van der Waals surface area contributed by atoms with Crippen molar-refractivity contribution in [2.75, 3.05) is 18.4 Å². The van der Waals surface area contributed by atoms with E-state index in [1.165, 1.54) is 0 Å². The first-order valence-corrected chi connectivity index (χ1v) is 6.04. The Labute approximate surface area is 101 Å². The summed E-state index contributed by atoms with van der Waals surface area (Å²) in [6, 6.07) is 0. The highest BCUT2D eigenvalue weighted by atomic mass is 16.5. The first-order valence-electron chi connectivity index (χ1n) is 6.04. The molecular formula is C12H19N3O2. The Morgan fingerprint density at radius 3 is 2.88 bits per heavy atom. The fourth-order valence-electron chi connectivity index (χ4n) is 2.14. The van der Waals surface area contributed by atoms with E-state index in [0.717, 1.165) is 30.8 Å². The van der Waals surface area contributed by atoms with E-state index in [0.29, 0.717) is 11.8 Å². The molecule has 1 fully saturated rings. The normalized spacial score (nSPS) is 24.6. The van der Waals surface area contributed by atoms with Crippen molar-refractivity contribution in [3.63, 3.8) is 0 Å². The first kappa shape index (κ1) is 12.1. The number of hydrogen-bond acceptors (Lipinski definition) is 4. The predicted molar refractivity (Wildman–Crippen MR) is 64.7 cm³/mol. The van der Waals surface area contributed by atoms with Crippen LogP contribution in [-0.4, -0.2) is 24.2 Å². The fourth-order valence-corrected chi connectivity index (χ4v) is 2.14. The molecule has 0 bridgehead atoms. The number of piperidine rings is 1. The number of rotatable bonds is 2. The molecule has 5 heteroatoms. The molecule has 2 unspecified atom stereocenters. The molecule has 5 nitrogen and oxygen atoms in total. The van der Waals surface area contributed by atoms with Gasteiger partial charge in [0.05, 0.1) is 5.69 Å². The van der Waals surface area contributed by atoms with E-state index in [1.807, 2.05) is 13.8 Å². The van der Waals surface area contributed by atoms with Crippen LogP contribution in [0.1, 0.15) is 24.6 Å². The molecule has 17 heavy (non-hydrogen) atoms. The third kappa shape index (κ3) is 2.49. The van der Waals surface area contributed by atoms with Gasteiger partial charge >= 0.3 is 0 Å². The van der Waals surface area contributed by atoms with E-state index in [4.69, 9.17) is 4.52 Å². The van der Waals surface area contributed by atoms with Crippen molar-refractivity contribution in [2.24, 2.45) is 11.8 Å². The highest BCUT2D eigenvalue weighted by molar-refractivity contribution is 5.92. The second-order valence-electron chi connectivity index (χ2n) is 4.79. The average molecular weight is 237 g/mol. The molecule has 1 aromatic heterocycles. The molecule has 2 N–H and O–H groups in total. The number of nitrogens with zero attached hydrogens (tertiary/aromatic N) is 1. The van der Waals surface area contributed by atoms with Crippen LogP contribution < -0.4 is 10.6 Å².